The first-order chi connectivity index (χ1) is 6.81. The van der Waals surface area contributed by atoms with Gasteiger partial charge in [-0.15, -0.1) is 0 Å². The summed E-state index contributed by atoms with van der Waals surface area (Å²) in [7, 11) is 0. The minimum Gasteiger partial charge on any atom is -0.389 e. The van der Waals surface area contributed by atoms with Crippen molar-refractivity contribution in [1.29, 1.82) is 0 Å². The molecule has 2 atom stereocenters. The Bertz CT molecular complexity index is 205. The first-order valence-corrected chi connectivity index (χ1v) is 6.53. The van der Waals surface area contributed by atoms with Gasteiger partial charge in [0.15, 0.2) is 0 Å². The summed E-state index contributed by atoms with van der Waals surface area (Å²) in [6.07, 6.45) is 12.1. The van der Waals surface area contributed by atoms with Gasteiger partial charge in [-0.05, 0) is 37.0 Å². The van der Waals surface area contributed by atoms with Crippen LogP contribution in [0.1, 0.15) is 57.8 Å². The van der Waals surface area contributed by atoms with Crippen molar-refractivity contribution in [2.24, 2.45) is 17.8 Å². The molecule has 3 rings (SSSR count). The number of hydrogen-bond acceptors (Lipinski definition) is 1. The summed E-state index contributed by atoms with van der Waals surface area (Å²) < 4.78 is 0. The van der Waals surface area contributed by atoms with Gasteiger partial charge in [-0.2, -0.15) is 0 Å². The molecule has 0 aromatic heterocycles. The second-order valence-corrected chi connectivity index (χ2v) is 5.84. The standard InChI is InChI=1S/C13H22O/c14-13(9-10-5-1-2-6-10)11-7-3-4-8-12(11)13/h10-12,14H,1-9H2. The van der Waals surface area contributed by atoms with E-state index in [1.54, 1.807) is 0 Å². The van der Waals surface area contributed by atoms with Crippen LogP contribution in [0.25, 0.3) is 0 Å². The van der Waals surface area contributed by atoms with Gasteiger partial charge in [-0.25, -0.2) is 0 Å². The number of hydrogen-bond donors (Lipinski definition) is 1. The molecule has 3 aliphatic rings. The van der Waals surface area contributed by atoms with Crippen molar-refractivity contribution in [3.63, 3.8) is 0 Å². The van der Waals surface area contributed by atoms with Crippen molar-refractivity contribution in [2.75, 3.05) is 0 Å². The highest BCUT2D eigenvalue weighted by Gasteiger charge is 2.63. The van der Waals surface area contributed by atoms with Gasteiger partial charge in [-0.1, -0.05) is 38.5 Å². The molecule has 0 saturated heterocycles. The third-order valence-electron chi connectivity index (χ3n) is 5.03. The SMILES string of the molecule is OC1(CC2CCCC2)C2CCCCC21. The molecule has 3 saturated carbocycles. The highest BCUT2D eigenvalue weighted by atomic mass is 16.3. The average molecular weight is 194 g/mol. The molecule has 0 heterocycles. The Balaban J connectivity index is 1.61. The van der Waals surface area contributed by atoms with E-state index in [0.29, 0.717) is 11.8 Å². The molecule has 0 aliphatic heterocycles. The van der Waals surface area contributed by atoms with Crippen LogP contribution in [0.4, 0.5) is 0 Å². The lowest BCUT2D eigenvalue weighted by molar-refractivity contribution is 0.0892. The van der Waals surface area contributed by atoms with Crippen LogP contribution < -0.4 is 0 Å². The van der Waals surface area contributed by atoms with E-state index >= 15 is 0 Å². The largest absolute Gasteiger partial charge is 0.389 e. The van der Waals surface area contributed by atoms with Gasteiger partial charge in [0.05, 0.1) is 5.60 Å². The fourth-order valence-electron chi connectivity index (χ4n) is 4.20. The summed E-state index contributed by atoms with van der Waals surface area (Å²) in [5, 5.41) is 10.5. The van der Waals surface area contributed by atoms with Crippen LogP contribution in [0.2, 0.25) is 0 Å². The zero-order valence-electron chi connectivity index (χ0n) is 9.04. The van der Waals surface area contributed by atoms with Crippen molar-refractivity contribution in [3.05, 3.63) is 0 Å². The lowest BCUT2D eigenvalue weighted by Crippen LogP contribution is -2.17. The maximum atomic E-state index is 10.5. The van der Waals surface area contributed by atoms with Gasteiger partial charge in [0.25, 0.3) is 0 Å². The van der Waals surface area contributed by atoms with Crippen molar-refractivity contribution in [3.8, 4) is 0 Å². The van der Waals surface area contributed by atoms with E-state index in [0.717, 1.165) is 12.3 Å². The topological polar surface area (TPSA) is 20.2 Å². The Kier molecular flexibility index (Phi) is 2.12. The summed E-state index contributed by atoms with van der Waals surface area (Å²) in [5.41, 5.74) is -0.189. The molecule has 0 radical (unpaired) electrons. The smallest absolute Gasteiger partial charge is 0.0713 e. The van der Waals surface area contributed by atoms with E-state index in [-0.39, 0.29) is 5.60 Å². The maximum Gasteiger partial charge on any atom is 0.0713 e. The summed E-state index contributed by atoms with van der Waals surface area (Å²) >= 11 is 0. The van der Waals surface area contributed by atoms with Crippen molar-refractivity contribution in [1.82, 2.24) is 0 Å². The van der Waals surface area contributed by atoms with E-state index in [2.05, 4.69) is 0 Å². The first-order valence-electron chi connectivity index (χ1n) is 6.53. The minimum absolute atomic E-state index is 0.189. The predicted octanol–water partition coefficient (Wildman–Crippen LogP) is 3.12. The predicted molar refractivity (Wildman–Crippen MR) is 57.0 cm³/mol. The first kappa shape index (κ1) is 9.21. The van der Waals surface area contributed by atoms with E-state index < -0.39 is 0 Å². The molecular weight excluding hydrogens is 172 g/mol. The Morgan fingerprint density at radius 3 is 1.93 bits per heavy atom. The third-order valence-corrected chi connectivity index (χ3v) is 5.03. The van der Waals surface area contributed by atoms with E-state index in [9.17, 15) is 5.11 Å². The molecule has 0 bridgehead atoms. The van der Waals surface area contributed by atoms with Gasteiger partial charge in [0.1, 0.15) is 0 Å². The van der Waals surface area contributed by atoms with Crippen LogP contribution in [0.3, 0.4) is 0 Å². The van der Waals surface area contributed by atoms with Crippen LogP contribution in [-0.4, -0.2) is 10.7 Å². The monoisotopic (exact) mass is 194 g/mol. The van der Waals surface area contributed by atoms with E-state index in [1.165, 1.54) is 51.4 Å². The Morgan fingerprint density at radius 1 is 0.857 bits per heavy atom. The zero-order chi connectivity index (χ0) is 9.60. The van der Waals surface area contributed by atoms with Crippen LogP contribution in [-0.2, 0) is 0 Å². The van der Waals surface area contributed by atoms with E-state index in [4.69, 9.17) is 0 Å². The summed E-state index contributed by atoms with van der Waals surface area (Å²) in [6, 6.07) is 0. The molecule has 1 nitrogen and oxygen atoms in total. The van der Waals surface area contributed by atoms with Crippen molar-refractivity contribution < 1.29 is 5.11 Å². The lowest BCUT2D eigenvalue weighted by Gasteiger charge is -2.15. The molecule has 2 unspecified atom stereocenters. The molecule has 1 heteroatoms. The number of fused-ring (bicyclic) bond motifs is 1. The van der Waals surface area contributed by atoms with Crippen molar-refractivity contribution >= 4 is 0 Å². The molecule has 1 N–H and O–H groups in total. The molecule has 80 valence electrons. The number of rotatable bonds is 2. The van der Waals surface area contributed by atoms with Gasteiger partial charge in [0, 0.05) is 0 Å². The second kappa shape index (κ2) is 3.23. The fraction of sp³-hybridized carbons (Fsp3) is 1.00. The molecular formula is C13H22O. The molecule has 0 amide bonds. The highest BCUT2D eigenvalue weighted by molar-refractivity contribution is 5.13. The number of aliphatic hydroxyl groups is 1. The summed E-state index contributed by atoms with van der Waals surface area (Å²) in [5.74, 6) is 2.28. The third kappa shape index (κ3) is 1.32. The molecule has 3 fully saturated rings. The average Bonchev–Trinajstić information content (AvgIpc) is 2.62. The summed E-state index contributed by atoms with van der Waals surface area (Å²) in [4.78, 5) is 0. The fourth-order valence-corrected chi connectivity index (χ4v) is 4.20. The molecule has 0 aromatic rings. The Hall–Kier alpha value is -0.0400. The normalized spacial score (nSPS) is 47.8. The van der Waals surface area contributed by atoms with Gasteiger partial charge in [0.2, 0.25) is 0 Å². The second-order valence-electron chi connectivity index (χ2n) is 5.84. The molecule has 0 aromatic carbocycles. The van der Waals surface area contributed by atoms with Gasteiger partial charge < -0.3 is 5.11 Å². The minimum atomic E-state index is -0.189. The molecule has 3 aliphatic carbocycles. The lowest BCUT2D eigenvalue weighted by atomic mass is 9.96. The Labute approximate surface area is 86.9 Å². The van der Waals surface area contributed by atoms with Crippen LogP contribution in [0.5, 0.6) is 0 Å². The van der Waals surface area contributed by atoms with Crippen LogP contribution in [0, 0.1) is 17.8 Å². The molecule has 0 spiro atoms. The van der Waals surface area contributed by atoms with Crippen LogP contribution >= 0.6 is 0 Å². The molecule has 14 heavy (non-hydrogen) atoms. The highest BCUT2D eigenvalue weighted by Crippen LogP contribution is 2.62. The van der Waals surface area contributed by atoms with Crippen LogP contribution in [0.15, 0.2) is 0 Å². The van der Waals surface area contributed by atoms with Crippen molar-refractivity contribution in [2.45, 2.75) is 63.4 Å². The summed E-state index contributed by atoms with van der Waals surface area (Å²) in [6.45, 7) is 0. The van der Waals surface area contributed by atoms with Gasteiger partial charge in [-0.3, -0.25) is 0 Å². The maximum absolute atomic E-state index is 10.5. The van der Waals surface area contributed by atoms with E-state index in [1.807, 2.05) is 0 Å². The zero-order valence-corrected chi connectivity index (χ0v) is 9.04. The Morgan fingerprint density at radius 2 is 1.36 bits per heavy atom. The van der Waals surface area contributed by atoms with Gasteiger partial charge >= 0.3 is 0 Å². The quantitative estimate of drug-likeness (QED) is 0.716.